The average molecular weight is 243 g/mol. The SMILES string of the molecule is [Zr+2].[c-]1ccccc1-c1[c-]cccc1. The van der Waals surface area contributed by atoms with E-state index in [9.17, 15) is 0 Å². The fourth-order valence-electron chi connectivity index (χ4n) is 1.12. The zero-order chi connectivity index (χ0) is 8.23. The zero-order valence-corrected chi connectivity index (χ0v) is 9.58. The molecule has 0 aliphatic carbocycles. The second-order valence-electron chi connectivity index (χ2n) is 2.55. The monoisotopic (exact) mass is 242 g/mol. The third-order valence-corrected chi connectivity index (χ3v) is 1.71. The van der Waals surface area contributed by atoms with Crippen LogP contribution in [0.4, 0.5) is 0 Å². The second kappa shape index (κ2) is 5.14. The van der Waals surface area contributed by atoms with Crippen molar-refractivity contribution in [3.63, 3.8) is 0 Å². The van der Waals surface area contributed by atoms with E-state index in [1.807, 2.05) is 48.5 Å². The van der Waals surface area contributed by atoms with Crippen LogP contribution in [0.25, 0.3) is 11.1 Å². The first-order chi connectivity index (χ1) is 5.97. The summed E-state index contributed by atoms with van der Waals surface area (Å²) in [5.74, 6) is 0. The van der Waals surface area contributed by atoms with Gasteiger partial charge >= 0.3 is 26.2 Å². The molecule has 0 spiro atoms. The summed E-state index contributed by atoms with van der Waals surface area (Å²) in [6, 6.07) is 22.1. The molecule has 0 aliphatic heterocycles. The number of rotatable bonds is 1. The minimum absolute atomic E-state index is 0. The summed E-state index contributed by atoms with van der Waals surface area (Å²) in [6.07, 6.45) is 0. The van der Waals surface area contributed by atoms with Gasteiger partial charge < -0.3 is 0 Å². The summed E-state index contributed by atoms with van der Waals surface area (Å²) in [6.45, 7) is 0. The van der Waals surface area contributed by atoms with E-state index in [1.54, 1.807) is 0 Å². The largest absolute Gasteiger partial charge is 2.00 e. The first-order valence-electron chi connectivity index (χ1n) is 3.90. The van der Waals surface area contributed by atoms with Gasteiger partial charge in [0.1, 0.15) is 0 Å². The van der Waals surface area contributed by atoms with Crippen LogP contribution in [0.5, 0.6) is 0 Å². The molecular formula is C12H8Zr. The fourth-order valence-corrected chi connectivity index (χ4v) is 1.12. The number of benzene rings is 2. The maximum atomic E-state index is 3.15. The molecule has 0 fully saturated rings. The Bertz CT molecular complexity index is 303. The Morgan fingerprint density at radius 2 is 1.15 bits per heavy atom. The molecule has 60 valence electrons. The van der Waals surface area contributed by atoms with E-state index in [2.05, 4.69) is 12.1 Å². The molecule has 2 aromatic carbocycles. The first-order valence-corrected chi connectivity index (χ1v) is 3.90. The second-order valence-corrected chi connectivity index (χ2v) is 2.55. The molecule has 0 unspecified atom stereocenters. The Labute approximate surface area is 97.7 Å². The number of hydrogen-bond donors (Lipinski definition) is 0. The van der Waals surface area contributed by atoms with Crippen LogP contribution in [0, 0.1) is 12.1 Å². The van der Waals surface area contributed by atoms with Gasteiger partial charge in [0.15, 0.2) is 0 Å². The molecule has 0 nitrogen and oxygen atoms in total. The minimum atomic E-state index is 0. The molecule has 0 N–H and O–H groups in total. The molecule has 2 aromatic rings. The molecule has 0 atom stereocenters. The predicted octanol–water partition coefficient (Wildman–Crippen LogP) is 2.95. The third-order valence-electron chi connectivity index (χ3n) is 1.71. The van der Waals surface area contributed by atoms with Gasteiger partial charge in [0.2, 0.25) is 0 Å². The van der Waals surface area contributed by atoms with Gasteiger partial charge in [-0.3, -0.25) is 0 Å². The molecule has 2 rings (SSSR count). The van der Waals surface area contributed by atoms with E-state index in [0.29, 0.717) is 0 Å². The van der Waals surface area contributed by atoms with Crippen LogP contribution < -0.4 is 0 Å². The maximum absolute atomic E-state index is 3.15. The maximum Gasteiger partial charge on any atom is 2.00 e. The van der Waals surface area contributed by atoms with Crippen molar-refractivity contribution in [1.82, 2.24) is 0 Å². The van der Waals surface area contributed by atoms with Crippen LogP contribution in [0.1, 0.15) is 0 Å². The van der Waals surface area contributed by atoms with Crippen LogP contribution in [0.3, 0.4) is 0 Å². The zero-order valence-electron chi connectivity index (χ0n) is 7.12. The molecule has 0 heterocycles. The topological polar surface area (TPSA) is 0 Å². The van der Waals surface area contributed by atoms with Crippen LogP contribution in [-0.4, -0.2) is 0 Å². The summed E-state index contributed by atoms with van der Waals surface area (Å²) >= 11 is 0. The normalized spacial score (nSPS) is 8.92. The summed E-state index contributed by atoms with van der Waals surface area (Å²) in [5.41, 5.74) is 2.19. The van der Waals surface area contributed by atoms with Gasteiger partial charge in [-0.05, 0) is 0 Å². The van der Waals surface area contributed by atoms with Crippen LogP contribution in [0.15, 0.2) is 48.5 Å². The Hall–Kier alpha value is -0.677. The molecular weight excluding hydrogens is 235 g/mol. The van der Waals surface area contributed by atoms with Crippen molar-refractivity contribution < 1.29 is 26.2 Å². The fraction of sp³-hybridized carbons (Fsp3) is 0. The van der Waals surface area contributed by atoms with E-state index in [4.69, 9.17) is 0 Å². The van der Waals surface area contributed by atoms with Crippen LogP contribution in [0.2, 0.25) is 0 Å². The van der Waals surface area contributed by atoms with Gasteiger partial charge in [-0.15, -0.1) is 12.1 Å². The Balaban J connectivity index is 0.000000845. The van der Waals surface area contributed by atoms with E-state index in [-0.39, 0.29) is 26.2 Å². The summed E-state index contributed by atoms with van der Waals surface area (Å²) < 4.78 is 0. The Kier molecular flexibility index (Phi) is 4.11. The third kappa shape index (κ3) is 2.64. The van der Waals surface area contributed by atoms with Gasteiger partial charge in [-0.1, -0.05) is 0 Å². The van der Waals surface area contributed by atoms with Gasteiger partial charge in [-0.2, -0.15) is 48.5 Å². The minimum Gasteiger partial charge on any atom is -0.226 e. The quantitative estimate of drug-likeness (QED) is 0.676. The summed E-state index contributed by atoms with van der Waals surface area (Å²) in [5, 5.41) is 0. The standard InChI is InChI=1S/C12H8.Zr/c1-3-7-11(8-4-1)12-9-5-2-6-10-12;/h1-7,9H;/q-2;+2. The summed E-state index contributed by atoms with van der Waals surface area (Å²) in [4.78, 5) is 0. The molecule has 0 aliphatic rings. The number of hydrogen-bond acceptors (Lipinski definition) is 0. The van der Waals surface area contributed by atoms with E-state index >= 15 is 0 Å². The van der Waals surface area contributed by atoms with E-state index < -0.39 is 0 Å². The Morgan fingerprint density at radius 1 is 0.692 bits per heavy atom. The molecule has 0 aromatic heterocycles. The van der Waals surface area contributed by atoms with Gasteiger partial charge in [0.05, 0.1) is 0 Å². The van der Waals surface area contributed by atoms with Crippen molar-refractivity contribution in [1.29, 1.82) is 0 Å². The van der Waals surface area contributed by atoms with Crippen molar-refractivity contribution in [3.8, 4) is 11.1 Å². The van der Waals surface area contributed by atoms with Crippen molar-refractivity contribution in [2.45, 2.75) is 0 Å². The molecule has 0 amide bonds. The Morgan fingerprint density at radius 3 is 1.46 bits per heavy atom. The van der Waals surface area contributed by atoms with E-state index in [1.165, 1.54) is 0 Å². The molecule has 1 heteroatoms. The predicted molar refractivity (Wildman–Crippen MR) is 49.6 cm³/mol. The molecule has 13 heavy (non-hydrogen) atoms. The molecule has 0 bridgehead atoms. The molecule has 0 radical (unpaired) electrons. The van der Waals surface area contributed by atoms with Crippen molar-refractivity contribution in [2.75, 3.05) is 0 Å². The van der Waals surface area contributed by atoms with E-state index in [0.717, 1.165) is 11.1 Å². The first kappa shape index (κ1) is 10.4. The van der Waals surface area contributed by atoms with Crippen molar-refractivity contribution in [3.05, 3.63) is 60.7 Å². The van der Waals surface area contributed by atoms with Crippen molar-refractivity contribution >= 4 is 0 Å². The molecule has 0 saturated carbocycles. The van der Waals surface area contributed by atoms with Gasteiger partial charge in [0.25, 0.3) is 0 Å². The molecule has 0 saturated heterocycles. The smallest absolute Gasteiger partial charge is 0.226 e. The van der Waals surface area contributed by atoms with Crippen LogP contribution >= 0.6 is 0 Å². The van der Waals surface area contributed by atoms with Gasteiger partial charge in [-0.25, -0.2) is 11.1 Å². The van der Waals surface area contributed by atoms with Crippen LogP contribution in [-0.2, 0) is 26.2 Å². The van der Waals surface area contributed by atoms with Gasteiger partial charge in [0, 0.05) is 0 Å². The summed E-state index contributed by atoms with van der Waals surface area (Å²) in [7, 11) is 0. The average Bonchev–Trinajstić information content (AvgIpc) is 2.21. The van der Waals surface area contributed by atoms with Crippen molar-refractivity contribution in [2.24, 2.45) is 0 Å².